The number of hydrogen-bond acceptors (Lipinski definition) is 5. The fraction of sp³-hybridized carbons (Fsp3) is 0.125. The van der Waals surface area contributed by atoms with Crippen LogP contribution in [0.5, 0.6) is 0 Å². The van der Waals surface area contributed by atoms with E-state index >= 15 is 0 Å². The maximum Gasteiger partial charge on any atom is 0.339 e. The zero-order valence-electron chi connectivity index (χ0n) is 16.9. The van der Waals surface area contributed by atoms with Gasteiger partial charge in [-0.25, -0.2) is 4.79 Å². The standard InChI is InChI=1S/C24H21NO5S/c1-2-31(29)21-15-9-7-13-19(21)24(28)30-16-22(26)25-20-14-8-6-12-18(20)23(27)17-10-4-3-5-11-17/h3-15H,2,16H2,1H3,(H,25,26). The Hall–Kier alpha value is -3.58. The van der Waals surface area contributed by atoms with Crippen molar-refractivity contribution >= 4 is 34.1 Å². The highest BCUT2D eigenvalue weighted by Gasteiger charge is 2.18. The Bertz CT molecular complexity index is 1130. The molecule has 6 nitrogen and oxygen atoms in total. The highest BCUT2D eigenvalue weighted by Crippen LogP contribution is 2.20. The van der Waals surface area contributed by atoms with Crippen LogP contribution in [0.3, 0.4) is 0 Å². The lowest BCUT2D eigenvalue weighted by Gasteiger charge is -2.11. The smallest absolute Gasteiger partial charge is 0.339 e. The first-order chi connectivity index (χ1) is 15.0. The van der Waals surface area contributed by atoms with Crippen LogP contribution in [-0.2, 0) is 20.3 Å². The Balaban J connectivity index is 1.68. The lowest BCUT2D eigenvalue weighted by Crippen LogP contribution is -2.22. The summed E-state index contributed by atoms with van der Waals surface area (Å²) in [7, 11) is -1.33. The third-order valence-electron chi connectivity index (χ3n) is 4.43. The summed E-state index contributed by atoms with van der Waals surface area (Å²) in [6.45, 7) is 1.21. The van der Waals surface area contributed by atoms with Crippen LogP contribution in [-0.4, -0.2) is 34.2 Å². The normalized spacial score (nSPS) is 11.4. The molecule has 1 N–H and O–H groups in total. The highest BCUT2D eigenvalue weighted by atomic mass is 32.2. The predicted octanol–water partition coefficient (Wildman–Crippen LogP) is 3.84. The van der Waals surface area contributed by atoms with Crippen molar-refractivity contribution in [2.24, 2.45) is 0 Å². The minimum absolute atomic E-state index is 0.162. The third-order valence-corrected chi connectivity index (χ3v) is 5.80. The number of hydrogen-bond donors (Lipinski definition) is 1. The van der Waals surface area contributed by atoms with Crippen molar-refractivity contribution in [3.63, 3.8) is 0 Å². The van der Waals surface area contributed by atoms with Crippen LogP contribution >= 0.6 is 0 Å². The second-order valence-corrected chi connectivity index (χ2v) is 8.20. The third kappa shape index (κ3) is 5.52. The topological polar surface area (TPSA) is 89.5 Å². The van der Waals surface area contributed by atoms with E-state index in [1.165, 1.54) is 6.07 Å². The van der Waals surface area contributed by atoms with Gasteiger partial charge in [0.2, 0.25) is 0 Å². The summed E-state index contributed by atoms with van der Waals surface area (Å²) < 4.78 is 17.2. The van der Waals surface area contributed by atoms with E-state index < -0.39 is 29.3 Å². The average Bonchev–Trinajstić information content (AvgIpc) is 2.82. The maximum atomic E-state index is 12.8. The molecule has 1 atom stereocenters. The van der Waals surface area contributed by atoms with E-state index in [9.17, 15) is 18.6 Å². The zero-order chi connectivity index (χ0) is 22.2. The van der Waals surface area contributed by atoms with E-state index in [0.717, 1.165) is 0 Å². The van der Waals surface area contributed by atoms with Gasteiger partial charge in [0, 0.05) is 16.9 Å². The molecule has 0 bridgehead atoms. The fourth-order valence-corrected chi connectivity index (χ4v) is 3.86. The molecule has 0 aliphatic rings. The van der Waals surface area contributed by atoms with Crippen LogP contribution < -0.4 is 5.32 Å². The van der Waals surface area contributed by atoms with Gasteiger partial charge in [-0.3, -0.25) is 13.8 Å². The molecule has 7 heteroatoms. The molecule has 0 aliphatic heterocycles. The van der Waals surface area contributed by atoms with Crippen molar-refractivity contribution in [2.45, 2.75) is 11.8 Å². The summed E-state index contributed by atoms with van der Waals surface area (Å²) in [4.78, 5) is 37.9. The van der Waals surface area contributed by atoms with Gasteiger partial charge in [0.15, 0.2) is 12.4 Å². The van der Waals surface area contributed by atoms with Crippen molar-refractivity contribution in [1.29, 1.82) is 0 Å². The van der Waals surface area contributed by atoms with Gasteiger partial charge in [-0.2, -0.15) is 0 Å². The quantitative estimate of drug-likeness (QED) is 0.429. The number of carbonyl (C=O) groups is 3. The Morgan fingerprint density at radius 1 is 0.839 bits per heavy atom. The van der Waals surface area contributed by atoms with Gasteiger partial charge in [-0.05, 0) is 24.3 Å². The number of para-hydroxylation sites is 1. The van der Waals surface area contributed by atoms with E-state index in [4.69, 9.17) is 4.74 Å². The van der Waals surface area contributed by atoms with E-state index in [1.54, 1.807) is 73.7 Å². The van der Waals surface area contributed by atoms with Crippen LogP contribution in [0.2, 0.25) is 0 Å². The largest absolute Gasteiger partial charge is 0.452 e. The number of ketones is 1. The first kappa shape index (κ1) is 22.1. The number of carbonyl (C=O) groups excluding carboxylic acids is 3. The molecular weight excluding hydrogens is 414 g/mol. The van der Waals surface area contributed by atoms with Gasteiger partial charge < -0.3 is 10.1 Å². The van der Waals surface area contributed by atoms with Crippen LogP contribution in [0, 0.1) is 0 Å². The number of amides is 1. The average molecular weight is 436 g/mol. The van der Waals surface area contributed by atoms with Crippen molar-refractivity contribution in [1.82, 2.24) is 0 Å². The summed E-state index contributed by atoms with van der Waals surface area (Å²) in [6, 6.07) is 21.8. The first-order valence-corrected chi connectivity index (χ1v) is 11.0. The summed E-state index contributed by atoms with van der Waals surface area (Å²) >= 11 is 0. The minimum Gasteiger partial charge on any atom is -0.452 e. The molecule has 0 radical (unpaired) electrons. The van der Waals surface area contributed by atoms with Crippen molar-refractivity contribution in [3.8, 4) is 0 Å². The Morgan fingerprint density at radius 3 is 2.16 bits per heavy atom. The monoisotopic (exact) mass is 435 g/mol. The van der Waals surface area contributed by atoms with Gasteiger partial charge in [-0.15, -0.1) is 0 Å². The summed E-state index contributed by atoms with van der Waals surface area (Å²) in [5.41, 5.74) is 1.31. The maximum absolute atomic E-state index is 12.8. The number of benzene rings is 3. The molecule has 0 aliphatic carbocycles. The van der Waals surface area contributed by atoms with Gasteiger partial charge in [0.05, 0.1) is 26.9 Å². The number of ether oxygens (including phenoxy) is 1. The second kappa shape index (κ2) is 10.4. The van der Waals surface area contributed by atoms with Gasteiger partial charge >= 0.3 is 5.97 Å². The molecule has 1 amide bonds. The SMILES string of the molecule is CCS(=O)c1ccccc1C(=O)OCC(=O)Nc1ccccc1C(=O)c1ccccc1. The van der Waals surface area contributed by atoms with E-state index in [0.29, 0.717) is 27.5 Å². The Morgan fingerprint density at radius 2 is 1.45 bits per heavy atom. The Kier molecular flexibility index (Phi) is 7.45. The molecular formula is C24H21NO5S. The molecule has 31 heavy (non-hydrogen) atoms. The minimum atomic E-state index is -1.33. The zero-order valence-corrected chi connectivity index (χ0v) is 17.7. The molecule has 0 aromatic heterocycles. The lowest BCUT2D eigenvalue weighted by atomic mass is 10.0. The predicted molar refractivity (Wildman–Crippen MR) is 119 cm³/mol. The molecule has 158 valence electrons. The lowest BCUT2D eigenvalue weighted by molar-refractivity contribution is -0.119. The van der Waals surface area contributed by atoms with Crippen LogP contribution in [0.1, 0.15) is 33.2 Å². The Labute approximate surface area is 182 Å². The van der Waals surface area contributed by atoms with Crippen LogP contribution in [0.25, 0.3) is 0 Å². The fourth-order valence-electron chi connectivity index (χ4n) is 2.92. The summed E-state index contributed by atoms with van der Waals surface area (Å²) in [5.74, 6) is -1.20. The molecule has 0 fully saturated rings. The van der Waals surface area contributed by atoms with Gasteiger partial charge in [0.25, 0.3) is 5.91 Å². The molecule has 0 heterocycles. The number of esters is 1. The van der Waals surface area contributed by atoms with E-state index in [2.05, 4.69) is 5.32 Å². The first-order valence-electron chi connectivity index (χ1n) is 9.64. The summed E-state index contributed by atoms with van der Waals surface area (Å²) in [6.07, 6.45) is 0. The van der Waals surface area contributed by atoms with Crippen molar-refractivity contribution in [2.75, 3.05) is 17.7 Å². The molecule has 3 aromatic carbocycles. The molecule has 0 spiro atoms. The van der Waals surface area contributed by atoms with E-state index in [1.807, 2.05) is 6.07 Å². The molecule has 1 unspecified atom stereocenters. The number of nitrogens with one attached hydrogen (secondary N) is 1. The van der Waals surface area contributed by atoms with Crippen LogP contribution in [0.4, 0.5) is 5.69 Å². The van der Waals surface area contributed by atoms with Crippen LogP contribution in [0.15, 0.2) is 83.8 Å². The van der Waals surface area contributed by atoms with Crippen molar-refractivity contribution < 1.29 is 23.3 Å². The van der Waals surface area contributed by atoms with E-state index in [-0.39, 0.29) is 11.3 Å². The van der Waals surface area contributed by atoms with Gasteiger partial charge in [-0.1, -0.05) is 61.5 Å². The van der Waals surface area contributed by atoms with Gasteiger partial charge in [0.1, 0.15) is 0 Å². The summed E-state index contributed by atoms with van der Waals surface area (Å²) in [5, 5.41) is 2.62. The van der Waals surface area contributed by atoms with Crippen molar-refractivity contribution in [3.05, 3.63) is 95.6 Å². The second-order valence-electron chi connectivity index (χ2n) is 6.50. The highest BCUT2D eigenvalue weighted by molar-refractivity contribution is 7.85. The molecule has 0 saturated carbocycles. The molecule has 0 saturated heterocycles. The number of rotatable bonds is 8. The molecule has 3 aromatic rings. The number of anilines is 1. The molecule has 3 rings (SSSR count).